The van der Waals surface area contributed by atoms with E-state index in [1.807, 2.05) is 13.8 Å². The Labute approximate surface area is 181 Å². The van der Waals surface area contributed by atoms with Gasteiger partial charge in [0.2, 0.25) is 0 Å². The Morgan fingerprint density at radius 3 is 2.56 bits per heavy atom. The Bertz CT molecular complexity index is 1250. The van der Waals surface area contributed by atoms with Crippen LogP contribution in [0.15, 0.2) is 59.3 Å². The van der Waals surface area contributed by atoms with Gasteiger partial charge in [0.1, 0.15) is 12.2 Å². The number of halogens is 3. The van der Waals surface area contributed by atoms with Crippen LogP contribution >= 0.6 is 0 Å². The molecule has 0 bridgehead atoms. The number of alkyl halides is 3. The average Bonchev–Trinajstić information content (AvgIpc) is 3.41. The van der Waals surface area contributed by atoms with Crippen molar-refractivity contribution in [3.63, 3.8) is 0 Å². The van der Waals surface area contributed by atoms with Crippen LogP contribution in [0.3, 0.4) is 0 Å². The fourth-order valence-corrected chi connectivity index (χ4v) is 3.27. The number of aromatic nitrogens is 3. The van der Waals surface area contributed by atoms with Crippen LogP contribution in [0.4, 0.5) is 24.5 Å². The summed E-state index contributed by atoms with van der Waals surface area (Å²) in [5.74, 6) is -0.0283. The molecule has 3 heterocycles. The minimum Gasteiger partial charge on any atom is -0.463 e. The van der Waals surface area contributed by atoms with Gasteiger partial charge < -0.3 is 15.1 Å². The highest BCUT2D eigenvalue weighted by molar-refractivity contribution is 6.13. The van der Waals surface area contributed by atoms with Crippen molar-refractivity contribution in [1.82, 2.24) is 14.8 Å². The summed E-state index contributed by atoms with van der Waals surface area (Å²) in [6, 6.07) is 11.2. The fraction of sp³-hybridized carbons (Fsp3) is 0.227. The monoisotopic (exact) mass is 443 g/mol. The Hall–Kier alpha value is -3.82. The standard InChI is InChI=1S/C22H20F3N5O2/c1-13(2)30-20-15(11-27-30)14(10-18(28-20)19-8-5-9-32-19)21(31)29-17-7-4-3-6-16(17)26-12-22(23,24)25/h3-11,13,26H,12H2,1-2H3,(H,29,31). The Morgan fingerprint density at radius 2 is 1.91 bits per heavy atom. The summed E-state index contributed by atoms with van der Waals surface area (Å²) in [6.45, 7) is 2.66. The quantitative estimate of drug-likeness (QED) is 0.411. The molecule has 0 aliphatic heterocycles. The third kappa shape index (κ3) is 4.43. The number of benzene rings is 1. The maximum Gasteiger partial charge on any atom is 0.405 e. The number of furan rings is 1. The third-order valence-electron chi connectivity index (χ3n) is 4.73. The highest BCUT2D eigenvalue weighted by atomic mass is 19.4. The SMILES string of the molecule is CC(C)n1ncc2c(C(=O)Nc3ccccc3NCC(F)(F)F)cc(-c3ccco3)nc21. The van der Waals surface area contributed by atoms with Gasteiger partial charge in [-0.2, -0.15) is 18.3 Å². The second kappa shape index (κ2) is 8.37. The molecule has 1 aromatic carbocycles. The third-order valence-corrected chi connectivity index (χ3v) is 4.73. The lowest BCUT2D eigenvalue weighted by atomic mass is 10.1. The number of carbonyl (C=O) groups excluding carboxylic acids is 1. The summed E-state index contributed by atoms with van der Waals surface area (Å²) in [5, 5.41) is 9.89. The number of hydrogen-bond donors (Lipinski definition) is 2. The molecule has 4 rings (SSSR count). The number of rotatable bonds is 6. The molecule has 1 amide bonds. The van der Waals surface area contributed by atoms with Crippen molar-refractivity contribution in [1.29, 1.82) is 0 Å². The number of nitrogens with one attached hydrogen (secondary N) is 2. The van der Waals surface area contributed by atoms with Crippen molar-refractivity contribution < 1.29 is 22.4 Å². The summed E-state index contributed by atoms with van der Waals surface area (Å²) < 4.78 is 45.1. The van der Waals surface area contributed by atoms with Gasteiger partial charge in [-0.05, 0) is 44.2 Å². The Balaban J connectivity index is 1.73. The largest absolute Gasteiger partial charge is 0.463 e. The maximum atomic E-state index is 13.2. The lowest BCUT2D eigenvalue weighted by molar-refractivity contribution is -0.115. The van der Waals surface area contributed by atoms with E-state index >= 15 is 0 Å². The minimum absolute atomic E-state index is 0.00458. The van der Waals surface area contributed by atoms with Crippen molar-refractivity contribution in [3.8, 4) is 11.5 Å². The van der Waals surface area contributed by atoms with Crippen molar-refractivity contribution in [2.24, 2.45) is 0 Å². The van der Waals surface area contributed by atoms with Crippen LogP contribution in [0.25, 0.3) is 22.5 Å². The predicted octanol–water partition coefficient (Wildman–Crippen LogP) is 5.50. The van der Waals surface area contributed by atoms with E-state index in [0.29, 0.717) is 22.5 Å². The molecule has 4 aromatic rings. The first-order chi connectivity index (χ1) is 15.2. The van der Waals surface area contributed by atoms with Crippen LogP contribution in [-0.4, -0.2) is 33.4 Å². The minimum atomic E-state index is -4.39. The summed E-state index contributed by atoms with van der Waals surface area (Å²) >= 11 is 0. The molecule has 0 radical (unpaired) electrons. The lowest BCUT2D eigenvalue weighted by Gasteiger charge is -2.15. The van der Waals surface area contributed by atoms with E-state index in [9.17, 15) is 18.0 Å². The molecule has 0 saturated carbocycles. The first-order valence-electron chi connectivity index (χ1n) is 9.86. The van der Waals surface area contributed by atoms with Gasteiger partial charge in [-0.25, -0.2) is 9.67 Å². The number of fused-ring (bicyclic) bond motifs is 1. The first-order valence-corrected chi connectivity index (χ1v) is 9.86. The van der Waals surface area contributed by atoms with Gasteiger partial charge in [-0.1, -0.05) is 12.1 Å². The molecule has 0 saturated heterocycles. The van der Waals surface area contributed by atoms with Gasteiger partial charge in [-0.15, -0.1) is 0 Å². The molecular formula is C22H20F3N5O2. The summed E-state index contributed by atoms with van der Waals surface area (Å²) in [5.41, 5.74) is 1.61. The van der Waals surface area contributed by atoms with E-state index in [1.54, 1.807) is 41.2 Å². The van der Waals surface area contributed by atoms with Gasteiger partial charge >= 0.3 is 6.18 Å². The zero-order chi connectivity index (χ0) is 22.9. The van der Waals surface area contributed by atoms with Crippen LogP contribution in [-0.2, 0) is 0 Å². The zero-order valence-corrected chi connectivity index (χ0v) is 17.3. The number of amides is 1. The molecule has 2 N–H and O–H groups in total. The number of pyridine rings is 1. The second-order valence-corrected chi connectivity index (χ2v) is 7.42. The second-order valence-electron chi connectivity index (χ2n) is 7.42. The number of anilines is 2. The van der Waals surface area contributed by atoms with Gasteiger partial charge in [0.25, 0.3) is 5.91 Å². The molecule has 32 heavy (non-hydrogen) atoms. The Morgan fingerprint density at radius 1 is 1.16 bits per heavy atom. The molecule has 3 aromatic heterocycles. The maximum absolute atomic E-state index is 13.2. The number of carbonyl (C=O) groups is 1. The van der Waals surface area contributed by atoms with Crippen molar-refractivity contribution in [3.05, 3.63) is 60.5 Å². The van der Waals surface area contributed by atoms with Gasteiger partial charge in [-0.3, -0.25) is 4.79 Å². The molecular weight excluding hydrogens is 423 g/mol. The molecule has 10 heteroatoms. The highest BCUT2D eigenvalue weighted by Crippen LogP contribution is 2.29. The Kier molecular flexibility index (Phi) is 5.60. The van der Waals surface area contributed by atoms with Crippen LogP contribution in [0.5, 0.6) is 0 Å². The molecule has 0 unspecified atom stereocenters. The molecule has 7 nitrogen and oxygen atoms in total. The van der Waals surface area contributed by atoms with Gasteiger partial charge in [0, 0.05) is 6.04 Å². The van der Waals surface area contributed by atoms with E-state index in [-0.39, 0.29) is 23.0 Å². The van der Waals surface area contributed by atoms with Gasteiger partial charge in [0.05, 0.1) is 34.8 Å². The van der Waals surface area contributed by atoms with E-state index in [0.717, 1.165) is 0 Å². The van der Waals surface area contributed by atoms with Crippen LogP contribution in [0, 0.1) is 0 Å². The average molecular weight is 443 g/mol. The van der Waals surface area contributed by atoms with Crippen molar-refractivity contribution >= 4 is 28.3 Å². The number of nitrogens with zero attached hydrogens (tertiary/aromatic N) is 3. The molecule has 0 fully saturated rings. The smallest absolute Gasteiger partial charge is 0.405 e. The number of hydrogen-bond acceptors (Lipinski definition) is 5. The summed E-state index contributed by atoms with van der Waals surface area (Å²) in [7, 11) is 0. The summed E-state index contributed by atoms with van der Waals surface area (Å²) in [6.07, 6.45) is -1.34. The van der Waals surface area contributed by atoms with E-state index in [4.69, 9.17) is 4.42 Å². The lowest BCUT2D eigenvalue weighted by Crippen LogP contribution is -2.22. The van der Waals surface area contributed by atoms with Crippen molar-refractivity contribution in [2.75, 3.05) is 17.2 Å². The molecule has 0 aliphatic rings. The molecule has 0 atom stereocenters. The first kappa shape index (κ1) is 21.4. The van der Waals surface area contributed by atoms with E-state index in [2.05, 4.69) is 20.7 Å². The fourth-order valence-electron chi connectivity index (χ4n) is 3.27. The van der Waals surface area contributed by atoms with Crippen LogP contribution in [0.1, 0.15) is 30.2 Å². The molecule has 166 valence electrons. The zero-order valence-electron chi connectivity index (χ0n) is 17.3. The topological polar surface area (TPSA) is 85.0 Å². The van der Waals surface area contributed by atoms with Gasteiger partial charge in [0.15, 0.2) is 11.4 Å². The van der Waals surface area contributed by atoms with Crippen LogP contribution < -0.4 is 10.6 Å². The van der Waals surface area contributed by atoms with E-state index in [1.165, 1.54) is 18.4 Å². The van der Waals surface area contributed by atoms with Crippen LogP contribution in [0.2, 0.25) is 0 Å². The molecule has 0 spiro atoms. The molecule has 0 aliphatic carbocycles. The highest BCUT2D eigenvalue weighted by Gasteiger charge is 2.27. The summed E-state index contributed by atoms with van der Waals surface area (Å²) in [4.78, 5) is 17.8. The van der Waals surface area contributed by atoms with Crippen molar-refractivity contribution in [2.45, 2.75) is 26.1 Å². The number of para-hydroxylation sites is 2. The normalized spacial score (nSPS) is 11.8. The van der Waals surface area contributed by atoms with E-state index < -0.39 is 18.6 Å². The predicted molar refractivity (Wildman–Crippen MR) is 115 cm³/mol.